The Kier molecular flexibility index (Phi) is 6.73. The van der Waals surface area contributed by atoms with E-state index < -0.39 is 0 Å². The zero-order valence-electron chi connectivity index (χ0n) is 13.9. The molecule has 1 aromatic rings. The summed E-state index contributed by atoms with van der Waals surface area (Å²) in [6.07, 6.45) is 2.99. The summed E-state index contributed by atoms with van der Waals surface area (Å²) in [6, 6.07) is 4.08. The fraction of sp³-hybridized carbons (Fsp3) is 0.611. The number of phenolic OH excluding ortho intramolecular Hbond substituents is 1. The number of ether oxygens (including phenoxy) is 1. The number of phenols is 1. The number of hydrogen-bond donors (Lipinski definition) is 1. The van der Waals surface area contributed by atoms with Crippen LogP contribution in [0.25, 0.3) is 0 Å². The molecule has 0 amide bonds. The Morgan fingerprint density at radius 3 is 2.00 bits per heavy atom. The van der Waals surface area contributed by atoms with Crippen LogP contribution in [0.2, 0.25) is 0 Å². The molecule has 1 N–H and O–H groups in total. The normalized spacial score (nSPS) is 13.8. The lowest BCUT2D eigenvalue weighted by atomic mass is 9.87. The van der Waals surface area contributed by atoms with Gasteiger partial charge < -0.3 is 9.84 Å². The van der Waals surface area contributed by atoms with Gasteiger partial charge in [0, 0.05) is 6.42 Å². The molecular formula is C18H28O3. The first kappa shape index (κ1) is 17.5. The quantitative estimate of drug-likeness (QED) is 0.751. The minimum Gasteiger partial charge on any atom is -0.507 e. The van der Waals surface area contributed by atoms with Gasteiger partial charge in [-0.2, -0.15) is 0 Å². The highest BCUT2D eigenvalue weighted by Gasteiger charge is 2.18. The van der Waals surface area contributed by atoms with Crippen molar-refractivity contribution in [3.63, 3.8) is 0 Å². The number of rotatable bonds is 7. The maximum absolute atomic E-state index is 11.3. The van der Waals surface area contributed by atoms with E-state index in [0.717, 1.165) is 29.5 Å². The largest absolute Gasteiger partial charge is 0.507 e. The van der Waals surface area contributed by atoms with Crippen LogP contribution in [-0.2, 0) is 16.0 Å². The molecule has 0 aromatic heterocycles. The first-order valence-corrected chi connectivity index (χ1v) is 7.86. The maximum Gasteiger partial charge on any atom is 0.305 e. The molecule has 0 saturated heterocycles. The lowest BCUT2D eigenvalue weighted by molar-refractivity contribution is -0.140. The first-order valence-electron chi connectivity index (χ1n) is 7.86. The predicted molar refractivity (Wildman–Crippen MR) is 85.9 cm³/mol. The second-order valence-corrected chi connectivity index (χ2v) is 5.82. The van der Waals surface area contributed by atoms with Gasteiger partial charge in [-0.3, -0.25) is 4.79 Å². The Morgan fingerprint density at radius 1 is 1.14 bits per heavy atom. The van der Waals surface area contributed by atoms with Crippen molar-refractivity contribution in [2.24, 2.45) is 0 Å². The minimum atomic E-state index is -0.196. The zero-order chi connectivity index (χ0) is 16.0. The van der Waals surface area contributed by atoms with E-state index in [9.17, 15) is 9.90 Å². The van der Waals surface area contributed by atoms with Crippen LogP contribution in [0.4, 0.5) is 0 Å². The average Bonchev–Trinajstić information content (AvgIpc) is 2.51. The summed E-state index contributed by atoms with van der Waals surface area (Å²) in [5.41, 5.74) is 3.09. The van der Waals surface area contributed by atoms with Crippen LogP contribution in [0, 0.1) is 0 Å². The highest BCUT2D eigenvalue weighted by molar-refractivity contribution is 5.69. The van der Waals surface area contributed by atoms with Crippen LogP contribution in [0.15, 0.2) is 12.1 Å². The second-order valence-electron chi connectivity index (χ2n) is 5.82. The van der Waals surface area contributed by atoms with Crippen LogP contribution in [0.1, 0.15) is 75.5 Å². The van der Waals surface area contributed by atoms with Crippen LogP contribution in [0.5, 0.6) is 5.75 Å². The Morgan fingerprint density at radius 2 is 1.62 bits per heavy atom. The molecule has 0 spiro atoms. The van der Waals surface area contributed by atoms with E-state index in [-0.39, 0.29) is 5.97 Å². The van der Waals surface area contributed by atoms with Crippen LogP contribution in [-0.4, -0.2) is 18.2 Å². The molecule has 0 aliphatic heterocycles. The standard InChI is InChI=1S/C18H28O3/c1-6-12(3)15-10-14(8-9-17(19)21-5)11-16(18(15)20)13(4)7-2/h10-13,20H,6-9H2,1-5H3. The van der Waals surface area contributed by atoms with Gasteiger partial charge in [0.05, 0.1) is 7.11 Å². The van der Waals surface area contributed by atoms with Crippen molar-refractivity contribution < 1.29 is 14.6 Å². The predicted octanol–water partition coefficient (Wildman–Crippen LogP) is 4.52. The van der Waals surface area contributed by atoms with E-state index in [4.69, 9.17) is 4.74 Å². The fourth-order valence-corrected chi connectivity index (χ4v) is 2.43. The Hall–Kier alpha value is -1.51. The Bertz CT molecular complexity index is 448. The third kappa shape index (κ3) is 4.48. The van der Waals surface area contributed by atoms with Crippen molar-refractivity contribution in [3.8, 4) is 5.75 Å². The fourth-order valence-electron chi connectivity index (χ4n) is 2.43. The molecule has 0 heterocycles. The van der Waals surface area contributed by atoms with E-state index in [1.807, 2.05) is 12.1 Å². The summed E-state index contributed by atoms with van der Waals surface area (Å²) in [5.74, 6) is 0.857. The van der Waals surface area contributed by atoms with Crippen molar-refractivity contribution >= 4 is 5.97 Å². The Labute approximate surface area is 128 Å². The summed E-state index contributed by atoms with van der Waals surface area (Å²) in [7, 11) is 1.41. The van der Waals surface area contributed by atoms with Crippen molar-refractivity contribution in [1.82, 2.24) is 0 Å². The molecular weight excluding hydrogens is 264 g/mol. The molecule has 2 atom stereocenters. The summed E-state index contributed by atoms with van der Waals surface area (Å²) >= 11 is 0. The smallest absolute Gasteiger partial charge is 0.305 e. The molecule has 0 aliphatic carbocycles. The van der Waals surface area contributed by atoms with E-state index in [2.05, 4.69) is 27.7 Å². The van der Waals surface area contributed by atoms with E-state index in [0.29, 0.717) is 30.4 Å². The topological polar surface area (TPSA) is 46.5 Å². The van der Waals surface area contributed by atoms with Gasteiger partial charge in [0.15, 0.2) is 0 Å². The molecule has 0 saturated carbocycles. The van der Waals surface area contributed by atoms with Gasteiger partial charge in [0.2, 0.25) is 0 Å². The number of carbonyl (C=O) groups is 1. The molecule has 118 valence electrons. The lowest BCUT2D eigenvalue weighted by Crippen LogP contribution is -2.05. The van der Waals surface area contributed by atoms with E-state index >= 15 is 0 Å². The monoisotopic (exact) mass is 292 g/mol. The van der Waals surface area contributed by atoms with Crippen molar-refractivity contribution in [3.05, 3.63) is 28.8 Å². The van der Waals surface area contributed by atoms with E-state index in [1.165, 1.54) is 7.11 Å². The molecule has 0 bridgehead atoms. The first-order chi connectivity index (χ1) is 9.94. The van der Waals surface area contributed by atoms with Crippen LogP contribution in [0.3, 0.4) is 0 Å². The number of aryl methyl sites for hydroxylation is 1. The molecule has 3 nitrogen and oxygen atoms in total. The van der Waals surface area contributed by atoms with Crippen molar-refractivity contribution in [2.45, 2.75) is 65.2 Å². The van der Waals surface area contributed by atoms with E-state index in [1.54, 1.807) is 0 Å². The SMILES string of the molecule is CCC(C)c1cc(CCC(=O)OC)cc(C(C)CC)c1O. The Balaban J connectivity index is 3.16. The lowest BCUT2D eigenvalue weighted by Gasteiger charge is -2.20. The number of methoxy groups -OCH3 is 1. The summed E-state index contributed by atoms with van der Waals surface area (Å²) in [5, 5.41) is 10.5. The van der Waals surface area contributed by atoms with Gasteiger partial charge in [0.1, 0.15) is 5.75 Å². The third-order valence-electron chi connectivity index (χ3n) is 4.36. The maximum atomic E-state index is 11.3. The summed E-state index contributed by atoms with van der Waals surface area (Å²) in [6.45, 7) is 8.49. The van der Waals surface area contributed by atoms with Crippen molar-refractivity contribution in [1.29, 1.82) is 0 Å². The average molecular weight is 292 g/mol. The van der Waals surface area contributed by atoms with Gasteiger partial charge in [0.25, 0.3) is 0 Å². The number of aromatic hydroxyl groups is 1. The molecule has 0 fully saturated rings. The highest BCUT2D eigenvalue weighted by atomic mass is 16.5. The van der Waals surface area contributed by atoms with Gasteiger partial charge >= 0.3 is 5.97 Å². The molecule has 1 rings (SSSR count). The summed E-state index contributed by atoms with van der Waals surface area (Å²) < 4.78 is 4.71. The molecule has 0 aliphatic rings. The molecule has 2 unspecified atom stereocenters. The second kappa shape index (κ2) is 8.06. The van der Waals surface area contributed by atoms with Crippen LogP contribution >= 0.6 is 0 Å². The number of carbonyl (C=O) groups excluding carboxylic acids is 1. The number of hydrogen-bond acceptors (Lipinski definition) is 3. The third-order valence-corrected chi connectivity index (χ3v) is 4.36. The minimum absolute atomic E-state index is 0.196. The van der Waals surface area contributed by atoms with Crippen LogP contribution < -0.4 is 0 Å². The van der Waals surface area contributed by atoms with Gasteiger partial charge in [-0.25, -0.2) is 0 Å². The molecule has 21 heavy (non-hydrogen) atoms. The van der Waals surface area contributed by atoms with Crippen molar-refractivity contribution in [2.75, 3.05) is 7.11 Å². The molecule has 3 heteroatoms. The summed E-state index contributed by atoms with van der Waals surface area (Å²) in [4.78, 5) is 11.3. The molecule has 1 aromatic carbocycles. The molecule has 0 radical (unpaired) electrons. The number of esters is 1. The zero-order valence-corrected chi connectivity index (χ0v) is 13.9. The van der Waals surface area contributed by atoms with Gasteiger partial charge in [-0.15, -0.1) is 0 Å². The van der Waals surface area contributed by atoms with Gasteiger partial charge in [-0.05, 0) is 47.8 Å². The van der Waals surface area contributed by atoms with Gasteiger partial charge in [-0.1, -0.05) is 39.8 Å². The highest BCUT2D eigenvalue weighted by Crippen LogP contribution is 2.37. The number of benzene rings is 1.